The number of aromatic nitrogens is 1. The molecule has 2 N–H and O–H groups in total. The van der Waals surface area contributed by atoms with E-state index in [0.717, 1.165) is 45.2 Å². The van der Waals surface area contributed by atoms with Crippen molar-refractivity contribution in [2.75, 3.05) is 13.1 Å². The third-order valence-electron chi connectivity index (χ3n) is 6.32. The van der Waals surface area contributed by atoms with Crippen molar-refractivity contribution in [2.45, 2.75) is 76.2 Å². The molecule has 2 fully saturated rings. The van der Waals surface area contributed by atoms with E-state index in [2.05, 4.69) is 5.32 Å². The molecule has 1 aromatic heterocycles. The first-order chi connectivity index (χ1) is 13.1. The summed E-state index contributed by atoms with van der Waals surface area (Å²) < 4.78 is 0. The Morgan fingerprint density at radius 3 is 2.59 bits per heavy atom. The zero-order chi connectivity index (χ0) is 18.8. The van der Waals surface area contributed by atoms with Gasteiger partial charge in [-0.3, -0.25) is 4.79 Å². The standard InChI is InChI=1S/C20H29N3O3S/c24-19(25)13-7-9-15(10-8-13)21-20(26)23-11-3-4-14(12-23)18-22-16-5-1-2-6-17(16)27-18/h13-15H,1-12H2,(H,21,26)(H,24,25). The molecule has 0 radical (unpaired) electrons. The summed E-state index contributed by atoms with van der Waals surface area (Å²) >= 11 is 1.87. The van der Waals surface area contributed by atoms with Gasteiger partial charge in [0.2, 0.25) is 0 Å². The molecule has 148 valence electrons. The second-order valence-corrected chi connectivity index (χ2v) is 9.37. The molecule has 1 atom stereocenters. The number of urea groups is 1. The van der Waals surface area contributed by atoms with Gasteiger partial charge in [0.25, 0.3) is 0 Å². The van der Waals surface area contributed by atoms with Crippen molar-refractivity contribution in [3.05, 3.63) is 15.6 Å². The number of rotatable bonds is 3. The first-order valence-electron chi connectivity index (χ1n) is 10.4. The molecule has 1 saturated carbocycles. The van der Waals surface area contributed by atoms with Crippen LogP contribution in [0.25, 0.3) is 0 Å². The number of carboxylic acid groups (broad SMARTS) is 1. The van der Waals surface area contributed by atoms with E-state index >= 15 is 0 Å². The van der Waals surface area contributed by atoms with Gasteiger partial charge in [0.05, 0.1) is 16.6 Å². The lowest BCUT2D eigenvalue weighted by molar-refractivity contribution is -0.142. The molecule has 1 aliphatic heterocycles. The van der Waals surface area contributed by atoms with Gasteiger partial charge < -0.3 is 15.3 Å². The molecule has 0 spiro atoms. The molecule has 3 aliphatic rings. The summed E-state index contributed by atoms with van der Waals surface area (Å²) in [6.07, 6.45) is 9.79. The summed E-state index contributed by atoms with van der Waals surface area (Å²) in [6, 6.07) is 0.125. The second kappa shape index (κ2) is 8.17. The number of thiazole rings is 1. The van der Waals surface area contributed by atoms with Gasteiger partial charge >= 0.3 is 12.0 Å². The van der Waals surface area contributed by atoms with Crippen molar-refractivity contribution in [3.8, 4) is 0 Å². The second-order valence-electron chi connectivity index (χ2n) is 8.25. The molecule has 2 heterocycles. The number of hydrogen-bond donors (Lipinski definition) is 2. The van der Waals surface area contributed by atoms with Crippen LogP contribution in [-0.4, -0.2) is 46.1 Å². The maximum absolute atomic E-state index is 12.7. The van der Waals surface area contributed by atoms with Gasteiger partial charge in [-0.25, -0.2) is 9.78 Å². The normalized spacial score (nSPS) is 28.4. The van der Waals surface area contributed by atoms with Crippen LogP contribution in [0.4, 0.5) is 4.79 Å². The van der Waals surface area contributed by atoms with Gasteiger partial charge in [0.15, 0.2) is 0 Å². The van der Waals surface area contributed by atoms with E-state index in [-0.39, 0.29) is 18.0 Å². The number of likely N-dealkylation sites (tertiary alicyclic amines) is 1. The van der Waals surface area contributed by atoms with Crippen LogP contribution in [0.1, 0.15) is 72.9 Å². The maximum atomic E-state index is 12.7. The number of carbonyl (C=O) groups excluding carboxylic acids is 1. The minimum Gasteiger partial charge on any atom is -0.481 e. The third-order valence-corrected chi connectivity index (χ3v) is 7.64. The number of carboxylic acids is 1. The van der Waals surface area contributed by atoms with Crippen LogP contribution in [-0.2, 0) is 17.6 Å². The lowest BCUT2D eigenvalue weighted by Gasteiger charge is -2.34. The molecule has 2 aliphatic carbocycles. The lowest BCUT2D eigenvalue weighted by Crippen LogP contribution is -2.49. The Bertz CT molecular complexity index is 673. The summed E-state index contributed by atoms with van der Waals surface area (Å²) in [5, 5.41) is 13.5. The molecule has 1 saturated heterocycles. The van der Waals surface area contributed by atoms with Crippen molar-refractivity contribution in [1.82, 2.24) is 15.2 Å². The predicted octanol–water partition coefficient (Wildman–Crippen LogP) is 3.55. The van der Waals surface area contributed by atoms with Crippen LogP contribution in [0.3, 0.4) is 0 Å². The van der Waals surface area contributed by atoms with Gasteiger partial charge in [-0.1, -0.05) is 0 Å². The first-order valence-corrected chi connectivity index (χ1v) is 11.2. The highest BCUT2D eigenvalue weighted by Crippen LogP contribution is 2.34. The Kier molecular flexibility index (Phi) is 5.66. The number of aliphatic carboxylic acids is 1. The fraction of sp³-hybridized carbons (Fsp3) is 0.750. The van der Waals surface area contributed by atoms with Crippen molar-refractivity contribution in [3.63, 3.8) is 0 Å². The summed E-state index contributed by atoms with van der Waals surface area (Å²) in [5.74, 6) is -0.582. The summed E-state index contributed by atoms with van der Waals surface area (Å²) in [6.45, 7) is 1.56. The highest BCUT2D eigenvalue weighted by molar-refractivity contribution is 7.11. The third kappa shape index (κ3) is 4.28. The molecule has 27 heavy (non-hydrogen) atoms. The van der Waals surface area contributed by atoms with Crippen LogP contribution in [0.5, 0.6) is 0 Å². The lowest BCUT2D eigenvalue weighted by atomic mass is 9.86. The van der Waals surface area contributed by atoms with Crippen molar-refractivity contribution >= 4 is 23.3 Å². The molecule has 1 aromatic rings. The minimum absolute atomic E-state index is 0.0137. The average Bonchev–Trinajstić information content (AvgIpc) is 3.13. The maximum Gasteiger partial charge on any atom is 0.317 e. The zero-order valence-corrected chi connectivity index (χ0v) is 16.6. The quantitative estimate of drug-likeness (QED) is 0.825. The molecule has 0 bridgehead atoms. The fourth-order valence-electron chi connectivity index (χ4n) is 4.66. The predicted molar refractivity (Wildman–Crippen MR) is 104 cm³/mol. The number of piperidine rings is 1. The Balaban J connectivity index is 1.32. The topological polar surface area (TPSA) is 82.5 Å². The number of nitrogens with zero attached hydrogens (tertiary/aromatic N) is 2. The molecule has 2 amide bonds. The molecule has 6 nitrogen and oxygen atoms in total. The molecular formula is C20H29N3O3S. The number of nitrogens with one attached hydrogen (secondary N) is 1. The zero-order valence-electron chi connectivity index (χ0n) is 15.8. The van der Waals surface area contributed by atoms with Crippen LogP contribution in [0.15, 0.2) is 0 Å². The minimum atomic E-state index is -0.704. The highest BCUT2D eigenvalue weighted by atomic mass is 32.1. The van der Waals surface area contributed by atoms with Crippen LogP contribution in [0, 0.1) is 5.92 Å². The Hall–Kier alpha value is -1.63. The number of hydrogen-bond acceptors (Lipinski definition) is 4. The number of aryl methyl sites for hydroxylation is 2. The van der Waals surface area contributed by atoms with E-state index in [0.29, 0.717) is 18.8 Å². The van der Waals surface area contributed by atoms with Crippen molar-refractivity contribution in [1.29, 1.82) is 0 Å². The molecular weight excluding hydrogens is 362 g/mol. The van der Waals surface area contributed by atoms with Crippen LogP contribution >= 0.6 is 11.3 Å². The van der Waals surface area contributed by atoms with Crippen LogP contribution < -0.4 is 5.32 Å². The van der Waals surface area contributed by atoms with E-state index < -0.39 is 5.97 Å². The van der Waals surface area contributed by atoms with Gasteiger partial charge in [-0.05, 0) is 64.2 Å². The molecule has 1 unspecified atom stereocenters. The van der Waals surface area contributed by atoms with E-state index in [1.54, 1.807) is 0 Å². The van der Waals surface area contributed by atoms with E-state index in [4.69, 9.17) is 10.1 Å². The molecule has 7 heteroatoms. The van der Waals surface area contributed by atoms with Crippen molar-refractivity contribution < 1.29 is 14.7 Å². The Morgan fingerprint density at radius 2 is 1.85 bits per heavy atom. The van der Waals surface area contributed by atoms with Gasteiger partial charge in [-0.15, -0.1) is 11.3 Å². The first kappa shape index (κ1) is 18.7. The summed E-state index contributed by atoms with van der Waals surface area (Å²) in [7, 11) is 0. The summed E-state index contributed by atoms with van der Waals surface area (Å²) in [5.41, 5.74) is 1.30. The summed E-state index contributed by atoms with van der Waals surface area (Å²) in [4.78, 5) is 32.1. The van der Waals surface area contributed by atoms with Gasteiger partial charge in [-0.2, -0.15) is 0 Å². The van der Waals surface area contributed by atoms with Crippen LogP contribution in [0.2, 0.25) is 0 Å². The molecule has 0 aromatic carbocycles. The average molecular weight is 392 g/mol. The van der Waals surface area contributed by atoms with Gasteiger partial charge in [0, 0.05) is 29.9 Å². The largest absolute Gasteiger partial charge is 0.481 e. The SMILES string of the molecule is O=C(O)C1CCC(NC(=O)N2CCCC(c3nc4c(s3)CCCC4)C2)CC1. The Labute approximate surface area is 164 Å². The van der Waals surface area contributed by atoms with E-state index in [1.807, 2.05) is 16.2 Å². The fourth-order valence-corrected chi connectivity index (χ4v) is 5.94. The van der Waals surface area contributed by atoms with Crippen molar-refractivity contribution in [2.24, 2.45) is 5.92 Å². The van der Waals surface area contributed by atoms with Gasteiger partial charge in [0.1, 0.15) is 0 Å². The molecule has 4 rings (SSSR count). The number of amides is 2. The highest BCUT2D eigenvalue weighted by Gasteiger charge is 2.31. The number of fused-ring (bicyclic) bond motifs is 1. The van der Waals surface area contributed by atoms with E-state index in [9.17, 15) is 9.59 Å². The smallest absolute Gasteiger partial charge is 0.317 e. The Morgan fingerprint density at radius 1 is 1.07 bits per heavy atom. The van der Waals surface area contributed by atoms with E-state index in [1.165, 1.54) is 34.8 Å². The monoisotopic (exact) mass is 391 g/mol. The number of carbonyl (C=O) groups is 2.